The van der Waals surface area contributed by atoms with Crippen molar-refractivity contribution in [1.82, 2.24) is 0 Å². The molecule has 0 saturated carbocycles. The zero-order valence-electron chi connectivity index (χ0n) is 17.8. The predicted molar refractivity (Wildman–Crippen MR) is 101 cm³/mol. The fourth-order valence-electron chi connectivity index (χ4n) is 4.01. The monoisotopic (exact) mass is 504 g/mol. The van der Waals surface area contributed by atoms with Crippen molar-refractivity contribution < 1.29 is 79.9 Å². The van der Waals surface area contributed by atoms with Crippen LogP contribution in [0.2, 0.25) is 0 Å². The first-order valence-corrected chi connectivity index (χ1v) is 10.6. The van der Waals surface area contributed by atoms with Gasteiger partial charge in [0.15, 0.2) is 12.6 Å². The topological polar surface area (TPSA) is 269 Å². The summed E-state index contributed by atoms with van der Waals surface area (Å²) in [5, 5.41) is 109. The highest BCUT2D eigenvalue weighted by Crippen LogP contribution is 2.36. The maximum absolute atomic E-state index is 10.3. The van der Waals surface area contributed by atoms with Crippen molar-refractivity contribution in [2.45, 2.75) is 85.5 Å². The predicted octanol–water partition coefficient (Wildman–Crippen LogP) is -7.57. The molecule has 0 aromatic heterocycles. The molecule has 0 aliphatic carbocycles. The number of hydrogen-bond acceptors (Lipinski definition) is 16. The van der Waals surface area contributed by atoms with Crippen molar-refractivity contribution in [2.24, 2.45) is 0 Å². The van der Waals surface area contributed by atoms with Gasteiger partial charge in [0.05, 0.1) is 19.8 Å². The van der Waals surface area contributed by atoms with Crippen molar-refractivity contribution in [1.29, 1.82) is 0 Å². The molecule has 3 aliphatic heterocycles. The second-order valence-corrected chi connectivity index (χ2v) is 8.41. The van der Waals surface area contributed by atoms with Gasteiger partial charge in [-0.2, -0.15) is 0 Å². The average molecular weight is 504 g/mol. The van der Waals surface area contributed by atoms with Gasteiger partial charge in [0, 0.05) is 0 Å². The Bertz CT molecular complexity index is 653. The first-order valence-electron chi connectivity index (χ1n) is 10.6. The second-order valence-electron chi connectivity index (χ2n) is 8.41. The maximum Gasteiger partial charge on any atom is 0.224 e. The summed E-state index contributed by atoms with van der Waals surface area (Å²) in [4.78, 5) is 0. The Labute approximate surface area is 192 Å². The van der Waals surface area contributed by atoms with Crippen molar-refractivity contribution in [3.63, 3.8) is 0 Å². The third kappa shape index (κ3) is 5.09. The minimum absolute atomic E-state index is 0.634. The molecule has 11 N–H and O–H groups in total. The summed E-state index contributed by atoms with van der Waals surface area (Å²) in [6.45, 7) is -3.14. The number of ether oxygens (including phenoxy) is 5. The first-order chi connectivity index (χ1) is 16.0. The van der Waals surface area contributed by atoms with Crippen molar-refractivity contribution in [2.75, 3.05) is 26.4 Å². The summed E-state index contributed by atoms with van der Waals surface area (Å²) in [7, 11) is 0. The van der Waals surface area contributed by atoms with Crippen molar-refractivity contribution >= 4 is 0 Å². The van der Waals surface area contributed by atoms with Crippen LogP contribution in [0.5, 0.6) is 0 Å². The number of aliphatic hydroxyl groups excluding tert-OH is 11. The van der Waals surface area contributed by atoms with Crippen LogP contribution >= 0.6 is 0 Å². The molecule has 3 rings (SSSR count). The van der Waals surface area contributed by atoms with Crippen LogP contribution < -0.4 is 0 Å². The zero-order chi connectivity index (χ0) is 25.4. The zero-order valence-corrected chi connectivity index (χ0v) is 17.8. The standard InChI is InChI=1S/C18H32O16/c19-1-5-8(22)11(25)13(27)16(31-5)30-3-7-9(23)12(26)14(28)17(32-7)34-18(4-21)15(29)10(24)6(2-20)33-18/h5-17,19-29H,1-4H2/t5?,6-,7?,8?,9?,10-,11?,12?,13?,14?,15+,16?,17?,18+/m1/s1. The van der Waals surface area contributed by atoms with E-state index in [0.29, 0.717) is 0 Å². The Balaban J connectivity index is 1.69. The minimum Gasteiger partial charge on any atom is -0.394 e. The normalized spacial score (nSPS) is 52.1. The van der Waals surface area contributed by atoms with E-state index in [1.807, 2.05) is 0 Å². The van der Waals surface area contributed by atoms with Gasteiger partial charge in [0.1, 0.15) is 73.8 Å². The molecule has 3 aliphatic rings. The van der Waals surface area contributed by atoms with E-state index in [2.05, 4.69) is 0 Å². The van der Waals surface area contributed by atoms with E-state index in [-0.39, 0.29) is 0 Å². The molecule has 0 bridgehead atoms. The lowest BCUT2D eigenvalue weighted by molar-refractivity contribution is -0.388. The summed E-state index contributed by atoms with van der Waals surface area (Å²) < 4.78 is 26.4. The molecule has 0 radical (unpaired) electrons. The highest BCUT2D eigenvalue weighted by Gasteiger charge is 2.58. The van der Waals surface area contributed by atoms with Gasteiger partial charge in [-0.25, -0.2) is 0 Å². The molecular formula is C18H32O16. The number of rotatable bonds is 8. The third-order valence-electron chi connectivity index (χ3n) is 6.16. The smallest absolute Gasteiger partial charge is 0.224 e. The fourth-order valence-corrected chi connectivity index (χ4v) is 4.01. The lowest BCUT2D eigenvalue weighted by Gasteiger charge is -2.44. The SMILES string of the molecule is OCC1OC(OCC2OC(O[C@]3(CO)O[C@H](CO)[C@@H](O)[C@@H]3O)C(O)C(O)C2O)C(O)C(O)C1O. The van der Waals surface area contributed by atoms with Crippen LogP contribution in [-0.4, -0.2) is 168 Å². The number of hydrogen-bond donors (Lipinski definition) is 11. The molecule has 10 unspecified atom stereocenters. The van der Waals surface area contributed by atoms with Gasteiger partial charge in [0.25, 0.3) is 0 Å². The summed E-state index contributed by atoms with van der Waals surface area (Å²) in [5.74, 6) is -2.36. The van der Waals surface area contributed by atoms with Crippen LogP contribution in [0, 0.1) is 0 Å². The summed E-state index contributed by atoms with van der Waals surface area (Å²) in [6, 6.07) is 0. The van der Waals surface area contributed by atoms with E-state index in [1.165, 1.54) is 0 Å². The van der Waals surface area contributed by atoms with Crippen molar-refractivity contribution in [3.05, 3.63) is 0 Å². The molecule has 0 aromatic rings. The molecule has 34 heavy (non-hydrogen) atoms. The van der Waals surface area contributed by atoms with Crippen LogP contribution in [0.1, 0.15) is 0 Å². The Hall–Kier alpha value is -0.640. The Morgan fingerprint density at radius 2 is 1.12 bits per heavy atom. The van der Waals surface area contributed by atoms with Gasteiger partial charge in [-0.05, 0) is 0 Å². The van der Waals surface area contributed by atoms with Gasteiger partial charge in [0.2, 0.25) is 5.79 Å². The van der Waals surface area contributed by atoms with Gasteiger partial charge in [-0.15, -0.1) is 0 Å². The van der Waals surface area contributed by atoms with Crippen LogP contribution in [0.3, 0.4) is 0 Å². The Morgan fingerprint density at radius 3 is 1.65 bits per heavy atom. The van der Waals surface area contributed by atoms with E-state index in [9.17, 15) is 56.2 Å². The van der Waals surface area contributed by atoms with E-state index in [0.717, 1.165) is 0 Å². The second kappa shape index (κ2) is 11.2. The van der Waals surface area contributed by atoms with Crippen LogP contribution in [0.25, 0.3) is 0 Å². The van der Waals surface area contributed by atoms with E-state index in [1.54, 1.807) is 0 Å². The third-order valence-corrected chi connectivity index (χ3v) is 6.16. The summed E-state index contributed by atoms with van der Waals surface area (Å²) in [5.41, 5.74) is 0. The lowest BCUT2D eigenvalue weighted by Crippen LogP contribution is -2.63. The highest BCUT2D eigenvalue weighted by molar-refractivity contribution is 4.98. The molecule has 16 nitrogen and oxygen atoms in total. The highest BCUT2D eigenvalue weighted by atomic mass is 16.8. The van der Waals surface area contributed by atoms with E-state index in [4.69, 9.17) is 23.7 Å². The van der Waals surface area contributed by atoms with E-state index >= 15 is 0 Å². The molecule has 3 saturated heterocycles. The van der Waals surface area contributed by atoms with Crippen LogP contribution in [0.4, 0.5) is 0 Å². The van der Waals surface area contributed by atoms with Gasteiger partial charge in [-0.1, -0.05) is 0 Å². The quantitative estimate of drug-likeness (QED) is 0.146. The minimum atomic E-state index is -2.36. The summed E-state index contributed by atoms with van der Waals surface area (Å²) in [6.07, 6.45) is -21.8. The molecule has 16 heteroatoms. The molecule has 200 valence electrons. The largest absolute Gasteiger partial charge is 0.394 e. The Morgan fingerprint density at radius 1 is 0.588 bits per heavy atom. The fraction of sp³-hybridized carbons (Fsp3) is 1.00. The molecule has 0 aromatic carbocycles. The van der Waals surface area contributed by atoms with Crippen LogP contribution in [0.15, 0.2) is 0 Å². The number of aliphatic hydroxyl groups is 11. The molecule has 0 spiro atoms. The maximum atomic E-state index is 10.3. The first kappa shape index (κ1) is 27.9. The molecule has 3 fully saturated rings. The summed E-state index contributed by atoms with van der Waals surface area (Å²) >= 11 is 0. The lowest BCUT2D eigenvalue weighted by atomic mass is 9.98. The molecular weight excluding hydrogens is 472 g/mol. The van der Waals surface area contributed by atoms with Gasteiger partial charge < -0.3 is 79.9 Å². The van der Waals surface area contributed by atoms with Gasteiger partial charge >= 0.3 is 0 Å². The van der Waals surface area contributed by atoms with E-state index < -0.39 is 112 Å². The Kier molecular flexibility index (Phi) is 9.18. The average Bonchev–Trinajstić information content (AvgIpc) is 3.08. The van der Waals surface area contributed by atoms with Gasteiger partial charge in [-0.3, -0.25) is 0 Å². The van der Waals surface area contributed by atoms with Crippen molar-refractivity contribution in [3.8, 4) is 0 Å². The van der Waals surface area contributed by atoms with Crippen LogP contribution in [-0.2, 0) is 23.7 Å². The molecule has 3 heterocycles. The molecule has 0 amide bonds. The molecule has 14 atom stereocenters.